The van der Waals surface area contributed by atoms with Crippen molar-refractivity contribution in [1.82, 2.24) is 15.2 Å². The number of amides is 3. The average Bonchev–Trinajstić information content (AvgIpc) is 2.88. The van der Waals surface area contributed by atoms with E-state index >= 15 is 0 Å². The summed E-state index contributed by atoms with van der Waals surface area (Å²) in [5, 5.41) is 6.51. The molecule has 120 valence electrons. The largest absolute Gasteiger partial charge is 0.335 e. The van der Waals surface area contributed by atoms with Crippen molar-refractivity contribution >= 4 is 28.4 Å². The highest BCUT2D eigenvalue weighted by molar-refractivity contribution is 7.15. The van der Waals surface area contributed by atoms with Crippen molar-refractivity contribution in [2.24, 2.45) is 0 Å². The Balaban J connectivity index is 1.59. The molecule has 2 aliphatic rings. The van der Waals surface area contributed by atoms with Gasteiger partial charge in [-0.3, -0.25) is 4.79 Å². The summed E-state index contributed by atoms with van der Waals surface area (Å²) in [7, 11) is 0. The van der Waals surface area contributed by atoms with Crippen LogP contribution in [0.2, 0.25) is 0 Å². The molecule has 0 unspecified atom stereocenters. The van der Waals surface area contributed by atoms with Crippen molar-refractivity contribution in [3.8, 4) is 0 Å². The topological polar surface area (TPSA) is 74.3 Å². The van der Waals surface area contributed by atoms with E-state index < -0.39 is 0 Å². The van der Waals surface area contributed by atoms with Gasteiger partial charge in [-0.05, 0) is 12.8 Å². The molecule has 0 atom stereocenters. The summed E-state index contributed by atoms with van der Waals surface area (Å²) in [6.07, 6.45) is 6.65. The van der Waals surface area contributed by atoms with E-state index in [1.54, 1.807) is 0 Å². The number of anilines is 1. The first kappa shape index (κ1) is 15.3. The SMILES string of the molecule is CC(=O)Nc1nc2c(s1)CN(C(=O)NC1CCCCC1)CC2. The van der Waals surface area contributed by atoms with Crippen LogP contribution >= 0.6 is 11.3 Å². The minimum atomic E-state index is -0.113. The average molecular weight is 322 g/mol. The third-order valence-electron chi connectivity index (χ3n) is 4.23. The third-order valence-corrected chi connectivity index (χ3v) is 5.23. The van der Waals surface area contributed by atoms with Crippen molar-refractivity contribution in [1.29, 1.82) is 0 Å². The van der Waals surface area contributed by atoms with Crippen LogP contribution < -0.4 is 10.6 Å². The van der Waals surface area contributed by atoms with Gasteiger partial charge in [0.1, 0.15) is 0 Å². The summed E-state index contributed by atoms with van der Waals surface area (Å²) in [5.74, 6) is -0.113. The molecule has 22 heavy (non-hydrogen) atoms. The predicted molar refractivity (Wildman–Crippen MR) is 85.9 cm³/mol. The van der Waals surface area contributed by atoms with Crippen LogP contribution in [-0.2, 0) is 17.8 Å². The Morgan fingerprint density at radius 2 is 2.05 bits per heavy atom. The zero-order valence-corrected chi connectivity index (χ0v) is 13.7. The molecule has 1 aliphatic carbocycles. The number of carbonyl (C=O) groups is 2. The molecule has 0 aromatic carbocycles. The summed E-state index contributed by atoms with van der Waals surface area (Å²) in [4.78, 5) is 30.9. The smallest absolute Gasteiger partial charge is 0.317 e. The number of hydrogen-bond acceptors (Lipinski definition) is 4. The van der Waals surface area contributed by atoms with Crippen molar-refractivity contribution in [2.45, 2.75) is 58.0 Å². The van der Waals surface area contributed by atoms with Crippen LogP contribution in [-0.4, -0.2) is 34.4 Å². The van der Waals surface area contributed by atoms with Gasteiger partial charge in [-0.1, -0.05) is 30.6 Å². The number of thiazole rings is 1. The summed E-state index contributed by atoms with van der Waals surface area (Å²) >= 11 is 1.47. The van der Waals surface area contributed by atoms with Crippen LogP contribution in [0.5, 0.6) is 0 Å². The molecule has 1 aliphatic heterocycles. The number of rotatable bonds is 2. The highest BCUT2D eigenvalue weighted by atomic mass is 32.1. The number of nitrogens with one attached hydrogen (secondary N) is 2. The molecule has 3 rings (SSSR count). The van der Waals surface area contributed by atoms with E-state index in [2.05, 4.69) is 15.6 Å². The Kier molecular flexibility index (Phi) is 4.61. The molecular formula is C15H22N4O2S. The summed E-state index contributed by atoms with van der Waals surface area (Å²) in [5.41, 5.74) is 1.01. The Bertz CT molecular complexity index is 566. The lowest BCUT2D eigenvalue weighted by molar-refractivity contribution is -0.114. The summed E-state index contributed by atoms with van der Waals surface area (Å²) in [6.45, 7) is 2.75. The molecule has 6 nitrogen and oxygen atoms in total. The van der Waals surface area contributed by atoms with Crippen LogP contribution in [0, 0.1) is 0 Å². The first-order valence-electron chi connectivity index (χ1n) is 7.93. The van der Waals surface area contributed by atoms with Crippen molar-refractivity contribution < 1.29 is 9.59 Å². The maximum Gasteiger partial charge on any atom is 0.317 e. The van der Waals surface area contributed by atoms with Gasteiger partial charge in [-0.2, -0.15) is 0 Å². The normalized spacial score (nSPS) is 18.7. The van der Waals surface area contributed by atoms with E-state index in [1.807, 2.05) is 4.90 Å². The molecule has 2 heterocycles. The van der Waals surface area contributed by atoms with Gasteiger partial charge in [-0.15, -0.1) is 0 Å². The van der Waals surface area contributed by atoms with Crippen LogP contribution in [0.1, 0.15) is 49.6 Å². The highest BCUT2D eigenvalue weighted by Crippen LogP contribution is 2.28. The van der Waals surface area contributed by atoms with E-state index in [9.17, 15) is 9.59 Å². The monoisotopic (exact) mass is 322 g/mol. The second-order valence-electron chi connectivity index (χ2n) is 6.03. The van der Waals surface area contributed by atoms with Gasteiger partial charge in [0.15, 0.2) is 5.13 Å². The van der Waals surface area contributed by atoms with E-state index in [0.29, 0.717) is 24.3 Å². The van der Waals surface area contributed by atoms with Gasteiger partial charge >= 0.3 is 6.03 Å². The number of hydrogen-bond donors (Lipinski definition) is 2. The number of carbonyl (C=O) groups excluding carboxylic acids is 2. The van der Waals surface area contributed by atoms with Gasteiger partial charge in [0, 0.05) is 30.8 Å². The number of fused-ring (bicyclic) bond motifs is 1. The molecule has 0 radical (unpaired) electrons. The quantitative estimate of drug-likeness (QED) is 0.878. The highest BCUT2D eigenvalue weighted by Gasteiger charge is 2.26. The second-order valence-corrected chi connectivity index (χ2v) is 7.11. The van der Waals surface area contributed by atoms with Crippen molar-refractivity contribution in [2.75, 3.05) is 11.9 Å². The third kappa shape index (κ3) is 3.58. The predicted octanol–water partition coefficient (Wildman–Crippen LogP) is 2.50. The first-order chi connectivity index (χ1) is 10.6. The van der Waals surface area contributed by atoms with E-state index in [-0.39, 0.29) is 11.9 Å². The van der Waals surface area contributed by atoms with Gasteiger partial charge in [0.25, 0.3) is 0 Å². The first-order valence-corrected chi connectivity index (χ1v) is 8.75. The molecule has 1 aromatic rings. The van der Waals surface area contributed by atoms with Crippen LogP contribution in [0.15, 0.2) is 0 Å². The van der Waals surface area contributed by atoms with Crippen molar-refractivity contribution in [3.05, 3.63) is 10.6 Å². The summed E-state index contributed by atoms with van der Waals surface area (Å²) < 4.78 is 0. The molecule has 1 saturated carbocycles. The van der Waals surface area contributed by atoms with Gasteiger partial charge in [0.05, 0.1) is 12.2 Å². The zero-order chi connectivity index (χ0) is 15.5. The van der Waals surface area contributed by atoms with Crippen LogP contribution in [0.3, 0.4) is 0 Å². The molecular weight excluding hydrogens is 300 g/mol. The maximum atomic E-state index is 12.4. The fraction of sp³-hybridized carbons (Fsp3) is 0.667. The molecule has 7 heteroatoms. The van der Waals surface area contributed by atoms with Crippen LogP contribution in [0.4, 0.5) is 9.93 Å². The van der Waals surface area contributed by atoms with Crippen LogP contribution in [0.25, 0.3) is 0 Å². The lowest BCUT2D eigenvalue weighted by Crippen LogP contribution is -2.47. The lowest BCUT2D eigenvalue weighted by Gasteiger charge is -2.30. The lowest BCUT2D eigenvalue weighted by atomic mass is 9.96. The molecule has 1 aromatic heterocycles. The molecule has 0 spiro atoms. The second kappa shape index (κ2) is 6.64. The Morgan fingerprint density at radius 1 is 1.27 bits per heavy atom. The zero-order valence-electron chi connectivity index (χ0n) is 12.9. The maximum absolute atomic E-state index is 12.4. The Hall–Kier alpha value is -1.63. The van der Waals surface area contributed by atoms with E-state index in [0.717, 1.165) is 29.8 Å². The van der Waals surface area contributed by atoms with Gasteiger partial charge in [0.2, 0.25) is 5.91 Å². The molecule has 3 amide bonds. The summed E-state index contributed by atoms with van der Waals surface area (Å²) in [6, 6.07) is 0.367. The minimum Gasteiger partial charge on any atom is -0.335 e. The molecule has 0 saturated heterocycles. The molecule has 1 fully saturated rings. The molecule has 2 N–H and O–H groups in total. The minimum absolute atomic E-state index is 0.0343. The van der Waals surface area contributed by atoms with Crippen molar-refractivity contribution in [3.63, 3.8) is 0 Å². The van der Waals surface area contributed by atoms with Gasteiger partial charge < -0.3 is 15.5 Å². The molecule has 0 bridgehead atoms. The Morgan fingerprint density at radius 3 is 2.77 bits per heavy atom. The van der Waals surface area contributed by atoms with E-state index in [4.69, 9.17) is 0 Å². The van der Waals surface area contributed by atoms with Gasteiger partial charge in [-0.25, -0.2) is 9.78 Å². The number of urea groups is 1. The van der Waals surface area contributed by atoms with E-state index in [1.165, 1.54) is 37.5 Å². The Labute approximate surface area is 134 Å². The standard InChI is InChI=1S/C15H22N4O2S/c1-10(20)16-14-18-12-7-8-19(9-13(12)22-14)15(21)17-11-5-3-2-4-6-11/h11H,2-9H2,1H3,(H,17,21)(H,16,18,20). The number of aromatic nitrogens is 1. The fourth-order valence-electron chi connectivity index (χ4n) is 3.09. The number of nitrogens with zero attached hydrogens (tertiary/aromatic N) is 2. The fourth-order valence-corrected chi connectivity index (χ4v) is 4.16.